The van der Waals surface area contributed by atoms with E-state index in [1.54, 1.807) is 0 Å². The van der Waals surface area contributed by atoms with Gasteiger partial charge in [-0.3, -0.25) is 4.79 Å². The number of carbonyl (C=O) groups excluding carboxylic acids is 2. The predicted molar refractivity (Wildman–Crippen MR) is 103 cm³/mol. The molecule has 1 aromatic carbocycles. The second-order valence-electron chi connectivity index (χ2n) is 8.01. The number of hydrogen-bond acceptors (Lipinski definition) is 5. The van der Waals surface area contributed by atoms with E-state index in [9.17, 15) is 9.59 Å². The first-order chi connectivity index (χ1) is 13.1. The van der Waals surface area contributed by atoms with Gasteiger partial charge in [-0.1, -0.05) is 6.42 Å². The number of esters is 1. The van der Waals surface area contributed by atoms with Gasteiger partial charge in [0.25, 0.3) is 0 Å². The van der Waals surface area contributed by atoms with Crippen molar-refractivity contribution >= 4 is 23.3 Å². The van der Waals surface area contributed by atoms with Crippen LogP contribution in [-0.4, -0.2) is 45.3 Å². The fraction of sp³-hybridized carbons (Fsp3) is 0.619. The van der Waals surface area contributed by atoms with Crippen LogP contribution in [0.5, 0.6) is 0 Å². The van der Waals surface area contributed by atoms with Crippen molar-refractivity contribution in [2.45, 2.75) is 32.1 Å². The molecule has 27 heavy (non-hydrogen) atoms. The number of methoxy groups -OCH3 is 1. The lowest BCUT2D eigenvalue weighted by molar-refractivity contribution is -0.117. The van der Waals surface area contributed by atoms with Gasteiger partial charge in [0.2, 0.25) is 5.91 Å². The summed E-state index contributed by atoms with van der Waals surface area (Å²) in [5.74, 6) is 1.60. The Bertz CT molecular complexity index is 714. The Morgan fingerprint density at radius 2 is 2.04 bits per heavy atom. The number of anilines is 2. The van der Waals surface area contributed by atoms with Gasteiger partial charge in [-0.05, 0) is 55.2 Å². The van der Waals surface area contributed by atoms with E-state index in [0.717, 1.165) is 24.7 Å². The van der Waals surface area contributed by atoms with Crippen LogP contribution in [0.4, 0.5) is 11.4 Å². The minimum absolute atomic E-state index is 0.00294. The van der Waals surface area contributed by atoms with Crippen LogP contribution < -0.4 is 10.2 Å². The molecule has 1 saturated heterocycles. The van der Waals surface area contributed by atoms with Crippen molar-refractivity contribution in [3.8, 4) is 0 Å². The number of ether oxygens (including phenoxy) is 2. The maximum absolute atomic E-state index is 12.6. The summed E-state index contributed by atoms with van der Waals surface area (Å²) < 4.78 is 10.3. The van der Waals surface area contributed by atoms with Gasteiger partial charge in [-0.2, -0.15) is 0 Å². The van der Waals surface area contributed by atoms with Crippen molar-refractivity contribution in [1.29, 1.82) is 0 Å². The Labute approximate surface area is 160 Å². The van der Waals surface area contributed by atoms with Crippen LogP contribution in [0.2, 0.25) is 0 Å². The van der Waals surface area contributed by atoms with Crippen LogP contribution in [0.25, 0.3) is 0 Å². The van der Waals surface area contributed by atoms with Gasteiger partial charge in [0, 0.05) is 25.2 Å². The summed E-state index contributed by atoms with van der Waals surface area (Å²) in [6.07, 6.45) is 5.62. The van der Waals surface area contributed by atoms with E-state index in [4.69, 9.17) is 9.47 Å². The highest BCUT2D eigenvalue weighted by Gasteiger charge is 2.40. The van der Waals surface area contributed by atoms with E-state index >= 15 is 0 Å². The molecule has 1 amide bonds. The predicted octanol–water partition coefficient (Wildman–Crippen LogP) is 3.07. The minimum Gasteiger partial charge on any atom is -0.465 e. The third kappa shape index (κ3) is 3.95. The average molecular weight is 372 g/mol. The smallest absolute Gasteiger partial charge is 0.340 e. The van der Waals surface area contributed by atoms with Gasteiger partial charge in [0.1, 0.15) is 0 Å². The molecule has 2 aliphatic carbocycles. The number of morpholine rings is 1. The monoisotopic (exact) mass is 372 g/mol. The molecular weight excluding hydrogens is 344 g/mol. The molecule has 146 valence electrons. The third-order valence-electron chi connectivity index (χ3n) is 6.39. The zero-order valence-electron chi connectivity index (χ0n) is 15.9. The first-order valence-corrected chi connectivity index (χ1v) is 9.99. The maximum Gasteiger partial charge on any atom is 0.340 e. The van der Waals surface area contributed by atoms with E-state index in [1.165, 1.54) is 32.8 Å². The van der Waals surface area contributed by atoms with Crippen molar-refractivity contribution in [1.82, 2.24) is 0 Å². The standard InChI is InChI=1S/C21H28N2O4/c1-26-21(25)18-13-17(23-6-8-27-9-7-23)4-5-19(18)22-20(24)12-16-11-14-2-3-15(16)10-14/h4-5,13-16H,2-3,6-12H2,1H3,(H,22,24). The molecule has 6 heteroatoms. The summed E-state index contributed by atoms with van der Waals surface area (Å²) in [6, 6.07) is 5.57. The Morgan fingerprint density at radius 3 is 2.70 bits per heavy atom. The Hall–Kier alpha value is -2.08. The normalized spacial score (nSPS) is 26.9. The molecule has 3 fully saturated rings. The number of benzene rings is 1. The summed E-state index contributed by atoms with van der Waals surface area (Å²) >= 11 is 0. The van der Waals surface area contributed by atoms with Crippen LogP contribution in [0.3, 0.4) is 0 Å². The highest BCUT2D eigenvalue weighted by atomic mass is 16.5. The first-order valence-electron chi connectivity index (χ1n) is 9.99. The SMILES string of the molecule is COC(=O)c1cc(N2CCOCC2)ccc1NC(=O)CC1CC2CCC1C2. The molecule has 2 saturated carbocycles. The van der Waals surface area contributed by atoms with Crippen LogP contribution >= 0.6 is 0 Å². The number of fused-ring (bicyclic) bond motifs is 2. The summed E-state index contributed by atoms with van der Waals surface area (Å²) in [6.45, 7) is 2.93. The van der Waals surface area contributed by atoms with Gasteiger partial charge in [-0.15, -0.1) is 0 Å². The number of hydrogen-bond donors (Lipinski definition) is 1. The Kier molecular flexibility index (Phi) is 5.34. The molecule has 0 spiro atoms. The highest BCUT2D eigenvalue weighted by molar-refractivity contribution is 6.02. The number of amides is 1. The Balaban J connectivity index is 1.47. The maximum atomic E-state index is 12.6. The van der Waals surface area contributed by atoms with Gasteiger partial charge in [0.05, 0.1) is 31.6 Å². The van der Waals surface area contributed by atoms with E-state index in [-0.39, 0.29) is 5.91 Å². The van der Waals surface area contributed by atoms with Crippen molar-refractivity contribution in [3.63, 3.8) is 0 Å². The lowest BCUT2D eigenvalue weighted by atomic mass is 9.86. The molecule has 6 nitrogen and oxygen atoms in total. The van der Waals surface area contributed by atoms with Gasteiger partial charge >= 0.3 is 5.97 Å². The van der Waals surface area contributed by atoms with E-state index < -0.39 is 5.97 Å². The molecule has 2 bridgehead atoms. The van der Waals surface area contributed by atoms with Gasteiger partial charge < -0.3 is 19.7 Å². The molecule has 3 aliphatic rings. The Morgan fingerprint density at radius 1 is 1.22 bits per heavy atom. The van der Waals surface area contributed by atoms with E-state index in [1.807, 2.05) is 18.2 Å². The zero-order valence-corrected chi connectivity index (χ0v) is 15.9. The number of nitrogens with zero attached hydrogens (tertiary/aromatic N) is 1. The summed E-state index contributed by atoms with van der Waals surface area (Å²) in [7, 11) is 1.37. The summed E-state index contributed by atoms with van der Waals surface area (Å²) in [5, 5.41) is 2.96. The van der Waals surface area contributed by atoms with Crippen LogP contribution in [0.1, 0.15) is 42.5 Å². The topological polar surface area (TPSA) is 67.9 Å². The molecule has 3 unspecified atom stereocenters. The minimum atomic E-state index is -0.430. The van der Waals surface area contributed by atoms with Crippen molar-refractivity contribution in [3.05, 3.63) is 23.8 Å². The largest absolute Gasteiger partial charge is 0.465 e. The molecule has 0 radical (unpaired) electrons. The van der Waals surface area contributed by atoms with Crippen molar-refractivity contribution < 1.29 is 19.1 Å². The van der Waals surface area contributed by atoms with E-state index in [0.29, 0.717) is 42.7 Å². The second kappa shape index (κ2) is 7.89. The number of carbonyl (C=O) groups is 2. The fourth-order valence-electron chi connectivity index (χ4n) is 5.00. The number of rotatable bonds is 5. The van der Waals surface area contributed by atoms with Gasteiger partial charge in [0.15, 0.2) is 0 Å². The zero-order chi connectivity index (χ0) is 18.8. The molecule has 1 heterocycles. The van der Waals surface area contributed by atoms with Gasteiger partial charge in [-0.25, -0.2) is 4.79 Å². The van der Waals surface area contributed by atoms with Crippen LogP contribution in [0, 0.1) is 17.8 Å². The molecule has 1 aromatic rings. The van der Waals surface area contributed by atoms with Crippen molar-refractivity contribution in [2.24, 2.45) is 17.8 Å². The average Bonchev–Trinajstić information content (AvgIpc) is 3.31. The van der Waals surface area contributed by atoms with Crippen LogP contribution in [-0.2, 0) is 14.3 Å². The quantitative estimate of drug-likeness (QED) is 0.805. The lowest BCUT2D eigenvalue weighted by Crippen LogP contribution is -2.36. The lowest BCUT2D eigenvalue weighted by Gasteiger charge is -2.29. The number of nitrogens with one attached hydrogen (secondary N) is 1. The molecule has 0 aromatic heterocycles. The van der Waals surface area contributed by atoms with Crippen molar-refractivity contribution in [2.75, 3.05) is 43.6 Å². The molecule has 1 N–H and O–H groups in total. The molecular formula is C21H28N2O4. The molecule has 1 aliphatic heterocycles. The summed E-state index contributed by atoms with van der Waals surface area (Å²) in [4.78, 5) is 27.1. The molecule has 4 rings (SSSR count). The first kappa shape index (κ1) is 18.3. The third-order valence-corrected chi connectivity index (χ3v) is 6.39. The second-order valence-corrected chi connectivity index (χ2v) is 8.01. The molecule has 3 atom stereocenters. The van der Waals surface area contributed by atoms with E-state index in [2.05, 4.69) is 10.2 Å². The fourth-order valence-corrected chi connectivity index (χ4v) is 5.00. The highest BCUT2D eigenvalue weighted by Crippen LogP contribution is 2.49. The van der Waals surface area contributed by atoms with Crippen LogP contribution in [0.15, 0.2) is 18.2 Å². The summed E-state index contributed by atoms with van der Waals surface area (Å²) in [5.41, 5.74) is 1.89.